The third-order valence-electron chi connectivity index (χ3n) is 4.63. The van der Waals surface area contributed by atoms with E-state index in [2.05, 4.69) is 39.5 Å². The fourth-order valence-corrected chi connectivity index (χ4v) is 3.04. The van der Waals surface area contributed by atoms with E-state index in [0.29, 0.717) is 17.9 Å². The standard InChI is InChI=1S/C14H27NO/c1-6-13(7-2)12(5)15-9-8-14(16)10(3)11(15)4/h10-13H,6-9H2,1-5H3. The highest BCUT2D eigenvalue weighted by Crippen LogP contribution is 2.27. The van der Waals surface area contributed by atoms with Crippen molar-refractivity contribution in [2.75, 3.05) is 6.54 Å². The first-order valence-electron chi connectivity index (χ1n) is 6.81. The summed E-state index contributed by atoms with van der Waals surface area (Å²) in [4.78, 5) is 14.2. The van der Waals surface area contributed by atoms with E-state index in [4.69, 9.17) is 0 Å². The Kier molecular flexibility index (Phi) is 4.97. The van der Waals surface area contributed by atoms with Gasteiger partial charge in [0.25, 0.3) is 0 Å². The van der Waals surface area contributed by atoms with Gasteiger partial charge in [-0.1, -0.05) is 33.6 Å². The van der Waals surface area contributed by atoms with E-state index in [1.54, 1.807) is 0 Å². The highest BCUT2D eigenvalue weighted by atomic mass is 16.1. The monoisotopic (exact) mass is 225 g/mol. The van der Waals surface area contributed by atoms with Gasteiger partial charge in [-0.05, 0) is 19.8 Å². The number of rotatable bonds is 4. The molecule has 1 aliphatic heterocycles. The van der Waals surface area contributed by atoms with Gasteiger partial charge in [0.05, 0.1) is 0 Å². The summed E-state index contributed by atoms with van der Waals surface area (Å²) in [6, 6.07) is 1.03. The molecule has 94 valence electrons. The minimum atomic E-state index is 0.213. The highest BCUT2D eigenvalue weighted by molar-refractivity contribution is 5.82. The molecule has 0 radical (unpaired) electrons. The molecule has 1 rings (SSSR count). The minimum absolute atomic E-state index is 0.213. The number of carbonyl (C=O) groups excluding carboxylic acids is 1. The van der Waals surface area contributed by atoms with Crippen LogP contribution < -0.4 is 0 Å². The summed E-state index contributed by atoms with van der Waals surface area (Å²) in [5, 5.41) is 0. The van der Waals surface area contributed by atoms with Crippen LogP contribution in [0.3, 0.4) is 0 Å². The van der Waals surface area contributed by atoms with Gasteiger partial charge in [0, 0.05) is 31.0 Å². The van der Waals surface area contributed by atoms with Crippen LogP contribution in [0.4, 0.5) is 0 Å². The third kappa shape index (κ3) is 2.65. The summed E-state index contributed by atoms with van der Waals surface area (Å²) in [7, 11) is 0. The maximum absolute atomic E-state index is 11.7. The highest BCUT2D eigenvalue weighted by Gasteiger charge is 2.34. The molecular weight excluding hydrogens is 198 g/mol. The lowest BCUT2D eigenvalue weighted by Crippen LogP contribution is -2.52. The number of hydrogen-bond acceptors (Lipinski definition) is 2. The van der Waals surface area contributed by atoms with E-state index in [9.17, 15) is 4.79 Å². The van der Waals surface area contributed by atoms with Gasteiger partial charge in [-0.15, -0.1) is 0 Å². The zero-order chi connectivity index (χ0) is 12.3. The molecule has 0 aliphatic carbocycles. The fraction of sp³-hybridized carbons (Fsp3) is 0.929. The predicted molar refractivity (Wildman–Crippen MR) is 68.5 cm³/mol. The number of likely N-dealkylation sites (tertiary alicyclic amines) is 1. The molecule has 1 saturated heterocycles. The van der Waals surface area contributed by atoms with Crippen LogP contribution in [0, 0.1) is 11.8 Å². The summed E-state index contributed by atoms with van der Waals surface area (Å²) in [5.41, 5.74) is 0. The first-order chi connectivity index (χ1) is 7.52. The Hall–Kier alpha value is -0.370. The maximum Gasteiger partial charge on any atom is 0.138 e. The second kappa shape index (κ2) is 5.81. The van der Waals surface area contributed by atoms with Crippen molar-refractivity contribution in [2.45, 2.75) is 66.0 Å². The van der Waals surface area contributed by atoms with Gasteiger partial charge in [0.2, 0.25) is 0 Å². The van der Waals surface area contributed by atoms with Crippen molar-refractivity contribution < 1.29 is 4.79 Å². The van der Waals surface area contributed by atoms with Gasteiger partial charge in [0.1, 0.15) is 5.78 Å². The third-order valence-corrected chi connectivity index (χ3v) is 4.63. The van der Waals surface area contributed by atoms with Crippen LogP contribution in [0.1, 0.15) is 53.9 Å². The predicted octanol–water partition coefficient (Wildman–Crippen LogP) is 3.11. The van der Waals surface area contributed by atoms with Crippen LogP contribution in [-0.4, -0.2) is 29.3 Å². The molecule has 0 aromatic carbocycles. The van der Waals surface area contributed by atoms with Crippen LogP contribution in [-0.2, 0) is 4.79 Å². The molecule has 1 aliphatic rings. The molecule has 0 saturated carbocycles. The summed E-state index contributed by atoms with van der Waals surface area (Å²) < 4.78 is 0. The first-order valence-corrected chi connectivity index (χ1v) is 6.81. The largest absolute Gasteiger partial charge is 0.299 e. The Bertz CT molecular complexity index is 235. The summed E-state index contributed by atoms with van der Waals surface area (Å²) in [5.74, 6) is 1.42. The van der Waals surface area contributed by atoms with Gasteiger partial charge in [0.15, 0.2) is 0 Å². The van der Waals surface area contributed by atoms with Crippen molar-refractivity contribution in [1.29, 1.82) is 0 Å². The first kappa shape index (κ1) is 13.7. The lowest BCUT2D eigenvalue weighted by atomic mass is 9.86. The van der Waals surface area contributed by atoms with Crippen LogP contribution >= 0.6 is 0 Å². The van der Waals surface area contributed by atoms with Crippen LogP contribution in [0.25, 0.3) is 0 Å². The molecule has 0 N–H and O–H groups in total. The van der Waals surface area contributed by atoms with E-state index in [1.807, 2.05) is 0 Å². The Morgan fingerprint density at radius 3 is 2.38 bits per heavy atom. The zero-order valence-corrected chi connectivity index (χ0v) is 11.5. The quantitative estimate of drug-likeness (QED) is 0.732. The molecule has 16 heavy (non-hydrogen) atoms. The van der Waals surface area contributed by atoms with E-state index in [-0.39, 0.29) is 5.92 Å². The molecule has 2 nitrogen and oxygen atoms in total. The second-order valence-corrected chi connectivity index (χ2v) is 5.30. The van der Waals surface area contributed by atoms with Crippen molar-refractivity contribution in [1.82, 2.24) is 4.90 Å². The van der Waals surface area contributed by atoms with Crippen LogP contribution in [0.15, 0.2) is 0 Å². The molecule has 0 aromatic rings. The number of piperidine rings is 1. The number of ketones is 1. The van der Waals surface area contributed by atoms with Crippen molar-refractivity contribution in [2.24, 2.45) is 11.8 Å². The molecule has 3 unspecified atom stereocenters. The Morgan fingerprint density at radius 1 is 1.31 bits per heavy atom. The van der Waals surface area contributed by atoms with Crippen molar-refractivity contribution in [3.63, 3.8) is 0 Å². The van der Waals surface area contributed by atoms with Crippen molar-refractivity contribution in [3.05, 3.63) is 0 Å². The van der Waals surface area contributed by atoms with E-state index in [1.165, 1.54) is 12.8 Å². The summed E-state index contributed by atoms with van der Waals surface area (Å²) in [6.45, 7) is 12.1. The van der Waals surface area contributed by atoms with Crippen LogP contribution in [0.2, 0.25) is 0 Å². The Morgan fingerprint density at radius 2 is 1.88 bits per heavy atom. The molecule has 0 amide bonds. The molecule has 3 atom stereocenters. The topological polar surface area (TPSA) is 20.3 Å². The molecule has 1 heterocycles. The smallest absolute Gasteiger partial charge is 0.138 e. The lowest BCUT2D eigenvalue weighted by Gasteiger charge is -2.43. The van der Waals surface area contributed by atoms with Gasteiger partial charge in [-0.25, -0.2) is 0 Å². The lowest BCUT2D eigenvalue weighted by molar-refractivity contribution is -0.129. The summed E-state index contributed by atoms with van der Waals surface area (Å²) >= 11 is 0. The minimum Gasteiger partial charge on any atom is -0.299 e. The van der Waals surface area contributed by atoms with Crippen molar-refractivity contribution >= 4 is 5.78 Å². The van der Waals surface area contributed by atoms with Gasteiger partial charge in [-0.3, -0.25) is 9.69 Å². The van der Waals surface area contributed by atoms with Gasteiger partial charge < -0.3 is 0 Å². The number of nitrogens with zero attached hydrogens (tertiary/aromatic N) is 1. The maximum atomic E-state index is 11.7. The zero-order valence-electron chi connectivity index (χ0n) is 11.5. The van der Waals surface area contributed by atoms with E-state index < -0.39 is 0 Å². The number of Topliss-reactive ketones (excluding diaryl/α,β-unsaturated/α-hetero) is 1. The number of hydrogen-bond donors (Lipinski definition) is 0. The van der Waals surface area contributed by atoms with Crippen molar-refractivity contribution in [3.8, 4) is 0 Å². The molecule has 2 heteroatoms. The van der Waals surface area contributed by atoms with E-state index >= 15 is 0 Å². The van der Waals surface area contributed by atoms with Crippen LogP contribution in [0.5, 0.6) is 0 Å². The molecule has 0 bridgehead atoms. The average Bonchev–Trinajstić information content (AvgIpc) is 2.27. The Labute approximate surface area is 100 Å². The average molecular weight is 225 g/mol. The molecular formula is C14H27NO. The fourth-order valence-electron chi connectivity index (χ4n) is 3.04. The second-order valence-electron chi connectivity index (χ2n) is 5.30. The summed E-state index contributed by atoms with van der Waals surface area (Å²) in [6.07, 6.45) is 3.22. The molecule has 0 spiro atoms. The Balaban J connectivity index is 2.69. The number of carbonyl (C=O) groups is 1. The van der Waals surface area contributed by atoms with Gasteiger partial charge in [-0.2, -0.15) is 0 Å². The normalized spacial score (nSPS) is 29.8. The SMILES string of the molecule is CCC(CC)C(C)N1CCC(=O)C(C)C1C. The molecule has 0 aromatic heterocycles. The van der Waals surface area contributed by atoms with E-state index in [0.717, 1.165) is 18.9 Å². The van der Waals surface area contributed by atoms with Gasteiger partial charge >= 0.3 is 0 Å². The molecule has 1 fully saturated rings.